The fraction of sp³-hybridized carbons (Fsp3) is 0.0500. The average Bonchev–Trinajstić information content (AvgIpc) is 2.67. The predicted octanol–water partition coefficient (Wildman–Crippen LogP) is 4.00. The summed E-state index contributed by atoms with van der Waals surface area (Å²) in [5.41, 5.74) is 3.69. The third kappa shape index (κ3) is 3.73. The normalized spacial score (nSPS) is 10.7. The Morgan fingerprint density at radius 3 is 2.58 bits per heavy atom. The van der Waals surface area contributed by atoms with Crippen LogP contribution in [0.3, 0.4) is 0 Å². The molecule has 1 heterocycles. The maximum absolute atomic E-state index is 11.2. The second kappa shape index (κ2) is 7.33. The highest BCUT2D eigenvalue weighted by atomic mass is 16.5. The Kier molecular flexibility index (Phi) is 4.77. The van der Waals surface area contributed by atoms with Gasteiger partial charge in [-0.25, -0.2) is 14.8 Å². The molecule has 0 unspecified atom stereocenters. The van der Waals surface area contributed by atoms with E-state index in [-0.39, 0.29) is 5.97 Å². The van der Waals surface area contributed by atoms with Crippen molar-refractivity contribution in [1.29, 1.82) is 0 Å². The molecule has 0 bridgehead atoms. The van der Waals surface area contributed by atoms with Crippen LogP contribution in [0, 0.1) is 0 Å². The lowest BCUT2D eigenvalue weighted by Gasteiger charge is -2.05. The van der Waals surface area contributed by atoms with Gasteiger partial charge in [-0.05, 0) is 23.8 Å². The second-order valence-corrected chi connectivity index (χ2v) is 5.11. The van der Waals surface area contributed by atoms with E-state index in [9.17, 15) is 4.79 Å². The SMILES string of the molecule is COC(=O)/C=C/c1cccc(-c2nccc(-c3ccccc3)n2)c1. The molecule has 0 N–H and O–H groups in total. The van der Waals surface area contributed by atoms with Crippen molar-refractivity contribution in [2.45, 2.75) is 0 Å². The number of methoxy groups -OCH3 is 1. The molecule has 0 saturated carbocycles. The summed E-state index contributed by atoms with van der Waals surface area (Å²) < 4.78 is 4.60. The number of rotatable bonds is 4. The van der Waals surface area contributed by atoms with Gasteiger partial charge >= 0.3 is 5.97 Å². The fourth-order valence-electron chi connectivity index (χ4n) is 2.28. The zero-order valence-corrected chi connectivity index (χ0v) is 13.2. The van der Waals surface area contributed by atoms with Gasteiger partial charge in [0.2, 0.25) is 0 Å². The zero-order chi connectivity index (χ0) is 16.8. The van der Waals surface area contributed by atoms with Crippen molar-refractivity contribution in [3.05, 3.63) is 78.5 Å². The molecule has 0 aliphatic carbocycles. The van der Waals surface area contributed by atoms with E-state index in [1.165, 1.54) is 13.2 Å². The number of ether oxygens (including phenoxy) is 1. The zero-order valence-electron chi connectivity index (χ0n) is 13.2. The Balaban J connectivity index is 1.92. The lowest BCUT2D eigenvalue weighted by atomic mass is 10.1. The van der Waals surface area contributed by atoms with Gasteiger partial charge < -0.3 is 4.74 Å². The quantitative estimate of drug-likeness (QED) is 0.539. The van der Waals surface area contributed by atoms with Crippen LogP contribution in [0.25, 0.3) is 28.7 Å². The Morgan fingerprint density at radius 2 is 1.79 bits per heavy atom. The molecule has 1 aromatic heterocycles. The third-order valence-corrected chi connectivity index (χ3v) is 3.48. The van der Waals surface area contributed by atoms with Gasteiger partial charge in [0.05, 0.1) is 12.8 Å². The maximum Gasteiger partial charge on any atom is 0.330 e. The second-order valence-electron chi connectivity index (χ2n) is 5.11. The molecule has 0 fully saturated rings. The van der Waals surface area contributed by atoms with E-state index in [2.05, 4.69) is 14.7 Å². The van der Waals surface area contributed by atoms with Gasteiger partial charge in [0.15, 0.2) is 5.82 Å². The number of hydrogen-bond acceptors (Lipinski definition) is 4. The van der Waals surface area contributed by atoms with E-state index >= 15 is 0 Å². The highest BCUT2D eigenvalue weighted by Crippen LogP contribution is 2.21. The number of aromatic nitrogens is 2. The van der Waals surface area contributed by atoms with Crippen LogP contribution in [0.4, 0.5) is 0 Å². The molecule has 0 amide bonds. The molecule has 3 rings (SSSR count). The molecule has 3 aromatic rings. The predicted molar refractivity (Wildman–Crippen MR) is 94.0 cm³/mol. The minimum absolute atomic E-state index is 0.386. The number of nitrogens with zero attached hydrogens (tertiary/aromatic N) is 2. The van der Waals surface area contributed by atoms with Gasteiger partial charge in [0.25, 0.3) is 0 Å². The van der Waals surface area contributed by atoms with Gasteiger partial charge in [0.1, 0.15) is 0 Å². The van der Waals surface area contributed by atoms with Gasteiger partial charge in [-0.3, -0.25) is 0 Å². The van der Waals surface area contributed by atoms with Crippen LogP contribution in [0.1, 0.15) is 5.56 Å². The van der Waals surface area contributed by atoms with E-state index < -0.39 is 0 Å². The lowest BCUT2D eigenvalue weighted by molar-refractivity contribution is -0.134. The van der Waals surface area contributed by atoms with Crippen LogP contribution in [-0.2, 0) is 9.53 Å². The molecule has 4 heteroatoms. The first-order chi connectivity index (χ1) is 11.8. The van der Waals surface area contributed by atoms with Gasteiger partial charge in [0, 0.05) is 23.4 Å². The van der Waals surface area contributed by atoms with Crippen LogP contribution in [0.15, 0.2) is 72.9 Å². The molecule has 0 atom stereocenters. The standard InChI is InChI=1S/C20H16N2O2/c1-24-19(23)11-10-15-6-5-9-17(14-15)20-21-13-12-18(22-20)16-7-3-2-4-8-16/h2-14H,1H3/b11-10+. The Morgan fingerprint density at radius 1 is 1.00 bits per heavy atom. The first-order valence-corrected chi connectivity index (χ1v) is 7.51. The van der Waals surface area contributed by atoms with E-state index in [1.807, 2.05) is 60.7 Å². The van der Waals surface area contributed by atoms with Crippen LogP contribution in [-0.4, -0.2) is 23.0 Å². The summed E-state index contributed by atoms with van der Waals surface area (Å²) in [6.07, 6.45) is 4.85. The van der Waals surface area contributed by atoms with Crippen molar-refractivity contribution in [3.63, 3.8) is 0 Å². The number of carbonyl (C=O) groups excluding carboxylic acids is 1. The summed E-state index contributed by atoms with van der Waals surface area (Å²) in [6, 6.07) is 19.6. The highest BCUT2D eigenvalue weighted by Gasteiger charge is 2.05. The van der Waals surface area contributed by atoms with E-state index in [0.717, 1.165) is 22.4 Å². The number of benzene rings is 2. The van der Waals surface area contributed by atoms with E-state index in [4.69, 9.17) is 0 Å². The van der Waals surface area contributed by atoms with Gasteiger partial charge in [-0.1, -0.05) is 48.5 Å². The summed E-state index contributed by atoms with van der Waals surface area (Å²) in [6.45, 7) is 0. The number of hydrogen-bond donors (Lipinski definition) is 0. The molecular formula is C20H16N2O2. The van der Waals surface area contributed by atoms with Gasteiger partial charge in [-0.2, -0.15) is 0 Å². The molecule has 2 aromatic carbocycles. The summed E-state index contributed by atoms with van der Waals surface area (Å²) in [5.74, 6) is 0.257. The van der Waals surface area contributed by atoms with Crippen LogP contribution < -0.4 is 0 Å². The monoisotopic (exact) mass is 316 g/mol. The molecule has 118 valence electrons. The average molecular weight is 316 g/mol. The van der Waals surface area contributed by atoms with Crippen molar-refractivity contribution in [3.8, 4) is 22.6 Å². The van der Waals surface area contributed by atoms with Crippen LogP contribution >= 0.6 is 0 Å². The van der Waals surface area contributed by atoms with Crippen LogP contribution in [0.2, 0.25) is 0 Å². The molecule has 24 heavy (non-hydrogen) atoms. The van der Waals surface area contributed by atoms with E-state index in [0.29, 0.717) is 5.82 Å². The Bertz CT molecular complexity index is 874. The largest absolute Gasteiger partial charge is 0.466 e. The molecule has 0 spiro atoms. The Hall–Kier alpha value is -3.27. The smallest absolute Gasteiger partial charge is 0.330 e. The summed E-state index contributed by atoms with van der Waals surface area (Å²) in [5, 5.41) is 0. The lowest BCUT2D eigenvalue weighted by Crippen LogP contribution is -1.94. The minimum atomic E-state index is -0.386. The summed E-state index contributed by atoms with van der Waals surface area (Å²) in [4.78, 5) is 20.2. The van der Waals surface area contributed by atoms with Crippen molar-refractivity contribution < 1.29 is 9.53 Å². The van der Waals surface area contributed by atoms with Crippen molar-refractivity contribution >= 4 is 12.0 Å². The van der Waals surface area contributed by atoms with Crippen LogP contribution in [0.5, 0.6) is 0 Å². The summed E-state index contributed by atoms with van der Waals surface area (Å²) >= 11 is 0. The molecular weight excluding hydrogens is 300 g/mol. The molecule has 0 aliphatic rings. The maximum atomic E-state index is 11.2. The first kappa shape index (κ1) is 15.6. The minimum Gasteiger partial charge on any atom is -0.466 e. The number of esters is 1. The first-order valence-electron chi connectivity index (χ1n) is 7.51. The van der Waals surface area contributed by atoms with Crippen molar-refractivity contribution in [1.82, 2.24) is 9.97 Å². The summed E-state index contributed by atoms with van der Waals surface area (Å²) in [7, 11) is 1.35. The van der Waals surface area contributed by atoms with Crippen molar-refractivity contribution in [2.75, 3.05) is 7.11 Å². The third-order valence-electron chi connectivity index (χ3n) is 3.48. The van der Waals surface area contributed by atoms with E-state index in [1.54, 1.807) is 12.3 Å². The number of carbonyl (C=O) groups is 1. The Labute approximate surface area is 140 Å². The van der Waals surface area contributed by atoms with Crippen molar-refractivity contribution in [2.24, 2.45) is 0 Å². The molecule has 4 nitrogen and oxygen atoms in total. The topological polar surface area (TPSA) is 52.1 Å². The molecule has 0 radical (unpaired) electrons. The fourth-order valence-corrected chi connectivity index (χ4v) is 2.28. The van der Waals surface area contributed by atoms with Gasteiger partial charge in [-0.15, -0.1) is 0 Å². The highest BCUT2D eigenvalue weighted by molar-refractivity contribution is 5.87. The molecule has 0 aliphatic heterocycles. The molecule has 0 saturated heterocycles.